The van der Waals surface area contributed by atoms with Crippen LogP contribution in [0.15, 0.2) is 17.4 Å². The number of amides is 1. The van der Waals surface area contributed by atoms with Crippen LogP contribution in [0.3, 0.4) is 0 Å². The average molecular weight is 377 g/mol. The van der Waals surface area contributed by atoms with E-state index >= 15 is 0 Å². The summed E-state index contributed by atoms with van der Waals surface area (Å²) in [6.07, 6.45) is 7.59. The molecule has 0 spiro atoms. The van der Waals surface area contributed by atoms with Crippen LogP contribution in [0.25, 0.3) is 0 Å². The van der Waals surface area contributed by atoms with E-state index < -0.39 is 0 Å². The highest BCUT2D eigenvalue weighted by Crippen LogP contribution is 2.16. The number of hydrogen-bond acceptors (Lipinski definition) is 4. The van der Waals surface area contributed by atoms with Gasteiger partial charge in [-0.3, -0.25) is 14.5 Å². The number of piperazine rings is 1. The molecular weight excluding hydrogens is 344 g/mol. The van der Waals surface area contributed by atoms with Gasteiger partial charge in [-0.25, -0.2) is 0 Å². The summed E-state index contributed by atoms with van der Waals surface area (Å²) in [6, 6.07) is 0. The van der Waals surface area contributed by atoms with Gasteiger partial charge in [0.1, 0.15) is 6.10 Å². The van der Waals surface area contributed by atoms with Crippen molar-refractivity contribution < 1.29 is 9.53 Å². The van der Waals surface area contributed by atoms with Crippen molar-refractivity contribution in [3.8, 4) is 0 Å². The number of carbonyl (C=O) groups is 1. The Hall–Kier alpha value is -2.09. The van der Waals surface area contributed by atoms with E-state index in [0.717, 1.165) is 70.9 Å². The van der Waals surface area contributed by atoms with E-state index in [9.17, 15) is 4.79 Å². The van der Waals surface area contributed by atoms with E-state index in [0.29, 0.717) is 6.61 Å². The highest BCUT2D eigenvalue weighted by Gasteiger charge is 2.30. The molecule has 1 amide bonds. The minimum Gasteiger partial charge on any atom is -0.368 e. The number of nitrogens with zero attached hydrogens (tertiary/aromatic N) is 5. The number of aliphatic imine (C=N–C) groups is 1. The Balaban J connectivity index is 1.46. The smallest absolute Gasteiger partial charge is 0.251 e. The molecule has 1 aromatic heterocycles. The molecule has 0 bridgehead atoms. The highest BCUT2D eigenvalue weighted by atomic mass is 16.5. The molecule has 1 aromatic rings. The van der Waals surface area contributed by atoms with Crippen molar-refractivity contribution >= 4 is 11.9 Å². The molecule has 2 fully saturated rings. The molecule has 8 nitrogen and oxygen atoms in total. The molecule has 0 aromatic carbocycles. The predicted octanol–water partition coefficient (Wildman–Crippen LogP) is 0.641. The maximum absolute atomic E-state index is 12.5. The summed E-state index contributed by atoms with van der Waals surface area (Å²) in [5.41, 5.74) is 1.25. The molecule has 0 saturated carbocycles. The maximum atomic E-state index is 12.5. The van der Waals surface area contributed by atoms with Gasteiger partial charge in [0.2, 0.25) is 0 Å². The van der Waals surface area contributed by atoms with Crippen LogP contribution < -0.4 is 5.32 Å². The lowest BCUT2D eigenvalue weighted by Gasteiger charge is -2.37. The summed E-state index contributed by atoms with van der Waals surface area (Å²) in [7, 11) is 1.94. The zero-order chi connectivity index (χ0) is 19.1. The van der Waals surface area contributed by atoms with E-state index in [1.165, 1.54) is 5.56 Å². The van der Waals surface area contributed by atoms with E-state index in [2.05, 4.69) is 28.4 Å². The average Bonchev–Trinajstić information content (AvgIpc) is 3.36. The van der Waals surface area contributed by atoms with E-state index in [4.69, 9.17) is 9.73 Å². The van der Waals surface area contributed by atoms with Crippen molar-refractivity contribution in [2.75, 3.05) is 45.9 Å². The second-order valence-corrected chi connectivity index (χ2v) is 7.18. The fraction of sp³-hybridized carbons (Fsp3) is 0.737. The lowest BCUT2D eigenvalue weighted by Crippen LogP contribution is -2.55. The topological polar surface area (TPSA) is 75.0 Å². The summed E-state index contributed by atoms with van der Waals surface area (Å²) in [5.74, 6) is 1.11. The molecule has 27 heavy (non-hydrogen) atoms. The Labute approximate surface area is 161 Å². The van der Waals surface area contributed by atoms with Crippen molar-refractivity contribution in [1.82, 2.24) is 24.9 Å². The third kappa shape index (κ3) is 5.45. The monoisotopic (exact) mass is 376 g/mol. The Morgan fingerprint density at radius 1 is 1.33 bits per heavy atom. The van der Waals surface area contributed by atoms with Crippen LogP contribution in [0.5, 0.6) is 0 Å². The van der Waals surface area contributed by atoms with Crippen LogP contribution in [0, 0.1) is 0 Å². The first-order valence-corrected chi connectivity index (χ1v) is 10.1. The van der Waals surface area contributed by atoms with Gasteiger partial charge in [0, 0.05) is 59.1 Å². The first-order chi connectivity index (χ1) is 13.2. The molecule has 0 aliphatic carbocycles. The molecule has 0 radical (unpaired) electrons. The second-order valence-electron chi connectivity index (χ2n) is 7.18. The minimum atomic E-state index is -0.217. The number of hydrogen-bond donors (Lipinski definition) is 1. The van der Waals surface area contributed by atoms with Crippen LogP contribution in [-0.2, 0) is 23.0 Å². The quantitative estimate of drug-likeness (QED) is 0.448. The normalized spacial score (nSPS) is 21.0. The third-order valence-corrected chi connectivity index (χ3v) is 5.07. The molecule has 3 heterocycles. The number of rotatable bonds is 6. The molecule has 2 saturated heterocycles. The fourth-order valence-electron chi connectivity index (χ4n) is 3.61. The first-order valence-electron chi connectivity index (χ1n) is 10.1. The zero-order valence-electron chi connectivity index (χ0n) is 16.6. The SMILES string of the molecule is CCNC(=NCCCc1cnn(C)c1)N1CCN(C(=O)C2CCCO2)CC1. The lowest BCUT2D eigenvalue weighted by atomic mass is 10.2. The van der Waals surface area contributed by atoms with Gasteiger partial charge in [0.25, 0.3) is 5.91 Å². The number of ether oxygens (including phenoxy) is 1. The largest absolute Gasteiger partial charge is 0.368 e. The van der Waals surface area contributed by atoms with Gasteiger partial charge in [-0.1, -0.05) is 0 Å². The van der Waals surface area contributed by atoms with E-state index in [1.807, 2.05) is 22.8 Å². The van der Waals surface area contributed by atoms with Crippen molar-refractivity contribution in [1.29, 1.82) is 0 Å². The molecular formula is C19H32N6O2. The zero-order valence-corrected chi connectivity index (χ0v) is 16.6. The molecule has 150 valence electrons. The van der Waals surface area contributed by atoms with Crippen LogP contribution in [0.2, 0.25) is 0 Å². The van der Waals surface area contributed by atoms with Crippen LogP contribution in [-0.4, -0.2) is 83.4 Å². The van der Waals surface area contributed by atoms with Gasteiger partial charge in [-0.2, -0.15) is 5.10 Å². The molecule has 1 N–H and O–H groups in total. The van der Waals surface area contributed by atoms with Gasteiger partial charge >= 0.3 is 0 Å². The molecule has 8 heteroatoms. The number of aryl methyl sites for hydroxylation is 2. The summed E-state index contributed by atoms with van der Waals surface area (Å²) in [4.78, 5) is 21.5. The lowest BCUT2D eigenvalue weighted by molar-refractivity contribution is -0.142. The number of nitrogens with one attached hydrogen (secondary N) is 1. The van der Waals surface area contributed by atoms with Gasteiger partial charge in [-0.05, 0) is 38.2 Å². The maximum Gasteiger partial charge on any atom is 0.251 e. The third-order valence-electron chi connectivity index (χ3n) is 5.07. The van der Waals surface area contributed by atoms with Gasteiger partial charge in [0.05, 0.1) is 6.20 Å². The second kappa shape index (κ2) is 9.73. The van der Waals surface area contributed by atoms with Gasteiger partial charge < -0.3 is 19.9 Å². The Morgan fingerprint density at radius 3 is 2.74 bits per heavy atom. The van der Waals surface area contributed by atoms with Crippen LogP contribution >= 0.6 is 0 Å². The summed E-state index contributed by atoms with van der Waals surface area (Å²) in [5, 5.41) is 7.59. The molecule has 3 rings (SSSR count). The standard InChI is InChI=1S/C19H32N6O2/c1-3-20-19(21-8-4-6-16-14-22-23(2)15-16)25-11-9-24(10-12-25)18(26)17-7-5-13-27-17/h14-15,17H,3-13H2,1-2H3,(H,20,21). The Morgan fingerprint density at radius 2 is 2.11 bits per heavy atom. The number of aromatic nitrogens is 2. The minimum absolute atomic E-state index is 0.158. The number of guanidine groups is 1. The number of carbonyl (C=O) groups excluding carboxylic acids is 1. The van der Waals surface area contributed by atoms with E-state index in [1.54, 1.807) is 0 Å². The highest BCUT2D eigenvalue weighted by molar-refractivity contribution is 5.82. The van der Waals surface area contributed by atoms with Crippen molar-refractivity contribution in [2.45, 2.75) is 38.7 Å². The Kier molecular flexibility index (Phi) is 7.09. The van der Waals surface area contributed by atoms with Gasteiger partial charge in [0.15, 0.2) is 5.96 Å². The summed E-state index contributed by atoms with van der Waals surface area (Å²) >= 11 is 0. The summed E-state index contributed by atoms with van der Waals surface area (Å²) < 4.78 is 7.37. The molecule has 2 aliphatic heterocycles. The van der Waals surface area contributed by atoms with Crippen molar-refractivity contribution in [2.24, 2.45) is 12.0 Å². The van der Waals surface area contributed by atoms with Crippen molar-refractivity contribution in [3.63, 3.8) is 0 Å². The summed E-state index contributed by atoms with van der Waals surface area (Å²) in [6.45, 7) is 7.52. The van der Waals surface area contributed by atoms with Gasteiger partial charge in [-0.15, -0.1) is 0 Å². The molecule has 1 unspecified atom stereocenters. The molecule has 2 aliphatic rings. The molecule has 1 atom stereocenters. The van der Waals surface area contributed by atoms with Crippen molar-refractivity contribution in [3.05, 3.63) is 18.0 Å². The van der Waals surface area contributed by atoms with E-state index in [-0.39, 0.29) is 12.0 Å². The van der Waals surface area contributed by atoms with Crippen LogP contribution in [0.4, 0.5) is 0 Å². The Bertz CT molecular complexity index is 630. The predicted molar refractivity (Wildman–Crippen MR) is 105 cm³/mol. The first kappa shape index (κ1) is 19.7. The van der Waals surface area contributed by atoms with Crippen LogP contribution in [0.1, 0.15) is 31.7 Å². The fourth-order valence-corrected chi connectivity index (χ4v) is 3.61.